The van der Waals surface area contributed by atoms with Crippen LogP contribution in [0.3, 0.4) is 0 Å². The molecule has 1 aliphatic rings. The fourth-order valence-electron chi connectivity index (χ4n) is 1.82. The largest absolute Gasteiger partial charge is 0.459 e. The van der Waals surface area contributed by atoms with Gasteiger partial charge < -0.3 is 9.47 Å². The molecule has 1 heterocycles. The molecule has 1 aliphatic heterocycles. The topological polar surface area (TPSA) is 35.5 Å². The monoisotopic (exact) mass is 316 g/mol. The Hall–Kier alpha value is -0.940. The first kappa shape index (κ1) is 13.5. The molecule has 3 nitrogen and oxygen atoms in total. The summed E-state index contributed by atoms with van der Waals surface area (Å²) in [6.45, 7) is 1.81. The summed E-state index contributed by atoms with van der Waals surface area (Å²) in [6, 6.07) is 8.69. The summed E-state index contributed by atoms with van der Waals surface area (Å²) in [5.74, 6) is -0.710. The highest BCUT2D eigenvalue weighted by Crippen LogP contribution is 2.32. The van der Waals surface area contributed by atoms with E-state index in [2.05, 4.69) is 15.9 Å². The first-order chi connectivity index (χ1) is 8.59. The van der Waals surface area contributed by atoms with Gasteiger partial charge in [-0.3, -0.25) is 0 Å². The van der Waals surface area contributed by atoms with E-state index in [9.17, 15) is 9.18 Å². The quantitative estimate of drug-likeness (QED) is 0.635. The molecule has 0 saturated carbocycles. The van der Waals surface area contributed by atoms with Gasteiger partial charge in [0.1, 0.15) is 17.8 Å². The Balaban J connectivity index is 1.88. The Bertz CT molecular complexity index is 412. The number of esters is 1. The van der Waals surface area contributed by atoms with E-state index in [-0.39, 0.29) is 12.5 Å². The van der Waals surface area contributed by atoms with Crippen LogP contribution in [0.25, 0.3) is 0 Å². The molecule has 0 aliphatic carbocycles. The molecule has 4 atom stereocenters. The van der Waals surface area contributed by atoms with Gasteiger partial charge in [0.2, 0.25) is 0 Å². The average molecular weight is 317 g/mol. The van der Waals surface area contributed by atoms with Crippen molar-refractivity contribution in [3.05, 3.63) is 35.9 Å². The Morgan fingerprint density at radius 1 is 1.44 bits per heavy atom. The number of hydrogen-bond donors (Lipinski definition) is 0. The Morgan fingerprint density at radius 2 is 2.11 bits per heavy atom. The number of alkyl halides is 2. The normalized spacial score (nSPS) is 31.3. The van der Waals surface area contributed by atoms with Crippen molar-refractivity contribution in [3.63, 3.8) is 0 Å². The molecule has 18 heavy (non-hydrogen) atoms. The highest BCUT2D eigenvalue weighted by atomic mass is 79.9. The van der Waals surface area contributed by atoms with Crippen LogP contribution in [0.4, 0.5) is 4.39 Å². The number of rotatable bonds is 3. The highest BCUT2D eigenvalue weighted by molar-refractivity contribution is 9.09. The molecular formula is C13H14BrFO3. The Labute approximate surface area is 113 Å². The SMILES string of the molecule is C[C@H]1[C@H](F)C(Br)O[C@@H]1COC(=O)c1ccccc1. The summed E-state index contributed by atoms with van der Waals surface area (Å²) in [5.41, 5.74) is 0.482. The molecular weight excluding hydrogens is 303 g/mol. The Morgan fingerprint density at radius 3 is 2.67 bits per heavy atom. The number of carbonyl (C=O) groups excluding carboxylic acids is 1. The Kier molecular flexibility index (Phi) is 4.35. The molecule has 98 valence electrons. The zero-order chi connectivity index (χ0) is 13.1. The summed E-state index contributed by atoms with van der Waals surface area (Å²) in [6.07, 6.45) is -1.48. The molecule has 0 N–H and O–H groups in total. The maximum atomic E-state index is 13.5. The first-order valence-electron chi connectivity index (χ1n) is 5.75. The van der Waals surface area contributed by atoms with E-state index in [1.165, 1.54) is 0 Å². The van der Waals surface area contributed by atoms with Crippen LogP contribution in [-0.2, 0) is 9.47 Å². The second-order valence-corrected chi connectivity index (χ2v) is 5.20. The molecule has 1 aromatic carbocycles. The smallest absolute Gasteiger partial charge is 0.338 e. The van der Waals surface area contributed by atoms with Crippen LogP contribution in [0.15, 0.2) is 30.3 Å². The molecule has 5 heteroatoms. The summed E-state index contributed by atoms with van der Waals surface area (Å²) in [7, 11) is 0. The van der Waals surface area contributed by atoms with Crippen molar-refractivity contribution < 1.29 is 18.7 Å². The zero-order valence-electron chi connectivity index (χ0n) is 9.88. The lowest BCUT2D eigenvalue weighted by atomic mass is 10.0. The summed E-state index contributed by atoms with van der Waals surface area (Å²) in [5, 5.41) is -0.618. The maximum absolute atomic E-state index is 13.5. The van der Waals surface area contributed by atoms with Crippen molar-refractivity contribution in [1.29, 1.82) is 0 Å². The van der Waals surface area contributed by atoms with Crippen LogP contribution in [0.5, 0.6) is 0 Å². The third-order valence-corrected chi connectivity index (χ3v) is 3.75. The van der Waals surface area contributed by atoms with Gasteiger partial charge in [0, 0.05) is 5.92 Å². The standard InChI is InChI=1S/C13H14BrFO3/c1-8-10(18-12(14)11(8)15)7-17-13(16)9-5-3-2-4-6-9/h2-6,8,10-12H,7H2,1H3/t8-,10-,11+,12?/m1/s1. The third kappa shape index (κ3) is 2.90. The van der Waals surface area contributed by atoms with Gasteiger partial charge in [0.05, 0.1) is 11.7 Å². The number of halogens is 2. The lowest BCUT2D eigenvalue weighted by Gasteiger charge is -2.14. The predicted molar refractivity (Wildman–Crippen MR) is 68.4 cm³/mol. The van der Waals surface area contributed by atoms with E-state index in [0.717, 1.165) is 0 Å². The van der Waals surface area contributed by atoms with E-state index < -0.39 is 23.3 Å². The van der Waals surface area contributed by atoms with E-state index in [1.54, 1.807) is 31.2 Å². The number of hydrogen-bond acceptors (Lipinski definition) is 3. The van der Waals surface area contributed by atoms with Crippen molar-refractivity contribution in [2.75, 3.05) is 6.61 Å². The molecule has 1 unspecified atom stereocenters. The number of ether oxygens (including phenoxy) is 2. The molecule has 2 rings (SSSR count). The molecule has 0 radical (unpaired) electrons. The van der Waals surface area contributed by atoms with E-state index in [1.807, 2.05) is 6.07 Å². The lowest BCUT2D eigenvalue weighted by molar-refractivity contribution is 0.00342. The number of carbonyl (C=O) groups is 1. The molecule has 1 aromatic rings. The van der Waals surface area contributed by atoms with E-state index in [0.29, 0.717) is 5.56 Å². The van der Waals surface area contributed by atoms with Crippen LogP contribution < -0.4 is 0 Å². The van der Waals surface area contributed by atoms with Crippen molar-refractivity contribution >= 4 is 21.9 Å². The lowest BCUT2D eigenvalue weighted by Crippen LogP contribution is -2.25. The maximum Gasteiger partial charge on any atom is 0.338 e. The average Bonchev–Trinajstić information content (AvgIpc) is 2.64. The number of benzene rings is 1. The van der Waals surface area contributed by atoms with E-state index in [4.69, 9.17) is 9.47 Å². The molecule has 0 spiro atoms. The van der Waals surface area contributed by atoms with Crippen LogP contribution in [0, 0.1) is 5.92 Å². The van der Waals surface area contributed by atoms with Gasteiger partial charge in [0.25, 0.3) is 0 Å². The highest BCUT2D eigenvalue weighted by Gasteiger charge is 2.41. The molecule has 0 aromatic heterocycles. The van der Waals surface area contributed by atoms with Crippen molar-refractivity contribution in [1.82, 2.24) is 0 Å². The second-order valence-electron chi connectivity index (χ2n) is 4.29. The van der Waals surface area contributed by atoms with Gasteiger partial charge in [-0.15, -0.1) is 0 Å². The summed E-state index contributed by atoms with van der Waals surface area (Å²) >= 11 is 3.10. The molecule has 1 fully saturated rings. The fraction of sp³-hybridized carbons (Fsp3) is 0.462. The minimum absolute atomic E-state index is 0.0669. The molecule has 0 amide bonds. The van der Waals surface area contributed by atoms with Crippen molar-refractivity contribution in [3.8, 4) is 0 Å². The van der Waals surface area contributed by atoms with Gasteiger partial charge in [0.15, 0.2) is 0 Å². The van der Waals surface area contributed by atoms with Crippen LogP contribution in [0.2, 0.25) is 0 Å². The molecule has 1 saturated heterocycles. The van der Waals surface area contributed by atoms with Crippen LogP contribution >= 0.6 is 15.9 Å². The van der Waals surface area contributed by atoms with E-state index >= 15 is 0 Å². The van der Waals surface area contributed by atoms with Gasteiger partial charge >= 0.3 is 5.97 Å². The van der Waals surface area contributed by atoms with Crippen LogP contribution in [-0.4, -0.2) is 29.9 Å². The summed E-state index contributed by atoms with van der Waals surface area (Å²) in [4.78, 5) is 11.7. The minimum atomic E-state index is -1.08. The van der Waals surface area contributed by atoms with Crippen LogP contribution in [0.1, 0.15) is 17.3 Å². The van der Waals surface area contributed by atoms with Gasteiger partial charge in [-0.05, 0) is 12.1 Å². The third-order valence-electron chi connectivity index (χ3n) is 3.03. The predicted octanol–water partition coefficient (Wildman–Crippen LogP) is 2.94. The van der Waals surface area contributed by atoms with Gasteiger partial charge in [-0.1, -0.05) is 41.1 Å². The van der Waals surface area contributed by atoms with Crippen molar-refractivity contribution in [2.45, 2.75) is 24.2 Å². The van der Waals surface area contributed by atoms with Gasteiger partial charge in [-0.2, -0.15) is 0 Å². The second kappa shape index (κ2) is 5.80. The first-order valence-corrected chi connectivity index (χ1v) is 6.67. The molecule has 0 bridgehead atoms. The zero-order valence-corrected chi connectivity index (χ0v) is 11.5. The van der Waals surface area contributed by atoms with Gasteiger partial charge in [-0.25, -0.2) is 9.18 Å². The minimum Gasteiger partial charge on any atom is -0.459 e. The fourth-order valence-corrected chi connectivity index (χ4v) is 2.57. The summed E-state index contributed by atoms with van der Waals surface area (Å²) < 4.78 is 24.0. The van der Waals surface area contributed by atoms with Crippen molar-refractivity contribution in [2.24, 2.45) is 5.92 Å².